The van der Waals surface area contributed by atoms with E-state index in [4.69, 9.17) is 21.7 Å². The van der Waals surface area contributed by atoms with Crippen molar-refractivity contribution < 1.29 is 9.47 Å². The van der Waals surface area contributed by atoms with Crippen LogP contribution in [0.15, 0.2) is 42.7 Å². The molecule has 166 valence electrons. The summed E-state index contributed by atoms with van der Waals surface area (Å²) in [6, 6.07) is 10.4. The van der Waals surface area contributed by atoms with Gasteiger partial charge in [0, 0.05) is 42.6 Å². The molecule has 2 N–H and O–H groups in total. The van der Waals surface area contributed by atoms with Gasteiger partial charge in [-0.2, -0.15) is 0 Å². The van der Waals surface area contributed by atoms with Crippen molar-refractivity contribution >= 4 is 17.3 Å². The van der Waals surface area contributed by atoms with Gasteiger partial charge in [-0.05, 0) is 82.1 Å². The predicted molar refractivity (Wildman–Crippen MR) is 126 cm³/mol. The Morgan fingerprint density at radius 1 is 1.10 bits per heavy atom. The molecule has 4 rings (SSSR count). The van der Waals surface area contributed by atoms with Gasteiger partial charge in [0.15, 0.2) is 16.6 Å². The first-order valence-electron chi connectivity index (χ1n) is 10.8. The molecule has 31 heavy (non-hydrogen) atoms. The topological polar surface area (TPSA) is 58.7 Å². The summed E-state index contributed by atoms with van der Waals surface area (Å²) in [5, 5.41) is 8.17. The van der Waals surface area contributed by atoms with Crippen molar-refractivity contribution in [2.45, 2.75) is 70.7 Å². The van der Waals surface area contributed by atoms with Crippen molar-refractivity contribution in [3.63, 3.8) is 0 Å². The Morgan fingerprint density at radius 3 is 2.52 bits per heavy atom. The third kappa shape index (κ3) is 5.66. The molecule has 0 atom stereocenters. The number of hydrogen-bond acceptors (Lipinski definition) is 5. The third-order valence-corrected chi connectivity index (χ3v) is 6.09. The quantitative estimate of drug-likeness (QED) is 0.682. The molecule has 1 saturated heterocycles. The average molecular weight is 441 g/mol. The number of pyridine rings is 1. The maximum Gasteiger partial charge on any atom is 0.231 e. The summed E-state index contributed by atoms with van der Waals surface area (Å²) in [4.78, 5) is 6.47. The molecule has 7 heteroatoms. The lowest BCUT2D eigenvalue weighted by Gasteiger charge is -2.47. The van der Waals surface area contributed by atoms with Crippen LogP contribution in [0.3, 0.4) is 0 Å². The van der Waals surface area contributed by atoms with E-state index in [0.29, 0.717) is 19.1 Å². The zero-order valence-electron chi connectivity index (χ0n) is 18.8. The lowest BCUT2D eigenvalue weighted by atomic mass is 9.80. The minimum Gasteiger partial charge on any atom is -0.454 e. The van der Waals surface area contributed by atoms with Crippen molar-refractivity contribution in [1.29, 1.82) is 0 Å². The molecule has 2 aliphatic heterocycles. The van der Waals surface area contributed by atoms with E-state index >= 15 is 0 Å². The van der Waals surface area contributed by atoms with Crippen molar-refractivity contribution in [3.05, 3.63) is 53.9 Å². The fraction of sp³-hybridized carbons (Fsp3) is 0.500. The summed E-state index contributed by atoms with van der Waals surface area (Å²) < 4.78 is 11.0. The van der Waals surface area contributed by atoms with Gasteiger partial charge in [-0.25, -0.2) is 0 Å². The summed E-state index contributed by atoms with van der Waals surface area (Å²) in [5.41, 5.74) is 2.36. The zero-order chi connectivity index (χ0) is 22.1. The van der Waals surface area contributed by atoms with Crippen LogP contribution >= 0.6 is 12.2 Å². The van der Waals surface area contributed by atoms with Gasteiger partial charge in [0.1, 0.15) is 0 Å². The maximum absolute atomic E-state index is 5.92. The molecule has 0 saturated carbocycles. The molecule has 0 aliphatic carbocycles. The maximum atomic E-state index is 5.92. The minimum atomic E-state index is 0.0561. The van der Waals surface area contributed by atoms with Crippen molar-refractivity contribution in [2.24, 2.45) is 0 Å². The van der Waals surface area contributed by atoms with E-state index in [-0.39, 0.29) is 17.9 Å². The molecular weight excluding hydrogens is 408 g/mol. The van der Waals surface area contributed by atoms with E-state index < -0.39 is 0 Å². The van der Waals surface area contributed by atoms with Crippen LogP contribution in [0.1, 0.15) is 51.7 Å². The highest BCUT2D eigenvalue weighted by Crippen LogP contribution is 2.33. The molecule has 2 aromatic rings. The summed E-state index contributed by atoms with van der Waals surface area (Å²) in [6.45, 7) is 10.7. The van der Waals surface area contributed by atoms with Crippen LogP contribution in [0.5, 0.6) is 11.5 Å². The molecule has 3 heterocycles. The van der Waals surface area contributed by atoms with Crippen LogP contribution in [0.4, 0.5) is 0 Å². The van der Waals surface area contributed by atoms with Crippen LogP contribution in [-0.4, -0.2) is 38.9 Å². The standard InChI is InChI=1S/C24H32N4O2S/c1-23(2)11-19(12-24(3,4)27-23)26-22(31)28(15-18-6-5-9-25-13-18)14-17-7-8-20-21(10-17)30-16-29-20/h5-10,13,19,27H,11-12,14-16H2,1-4H3,(H,26,31). The van der Waals surface area contributed by atoms with E-state index in [9.17, 15) is 0 Å². The predicted octanol–water partition coefficient (Wildman–Crippen LogP) is 4.00. The van der Waals surface area contributed by atoms with Gasteiger partial charge in [-0.15, -0.1) is 0 Å². The Bertz CT molecular complexity index is 916. The number of hydrogen-bond donors (Lipinski definition) is 2. The number of ether oxygens (including phenoxy) is 2. The minimum absolute atomic E-state index is 0.0561. The Hall–Kier alpha value is -2.38. The van der Waals surface area contributed by atoms with Crippen molar-refractivity contribution in [3.8, 4) is 11.5 Å². The fourth-order valence-corrected chi connectivity index (χ4v) is 5.16. The second kappa shape index (κ2) is 8.63. The van der Waals surface area contributed by atoms with Gasteiger partial charge >= 0.3 is 0 Å². The Morgan fingerprint density at radius 2 is 1.81 bits per heavy atom. The second-order valence-electron chi connectivity index (χ2n) is 9.85. The highest BCUT2D eigenvalue weighted by molar-refractivity contribution is 7.80. The SMILES string of the molecule is CC1(C)CC(NC(=S)N(Cc2cccnc2)Cc2ccc3c(c2)OCO3)CC(C)(C)N1. The second-order valence-corrected chi connectivity index (χ2v) is 10.2. The molecule has 2 aliphatic rings. The molecule has 0 radical (unpaired) electrons. The van der Waals surface area contributed by atoms with Gasteiger partial charge in [-0.1, -0.05) is 12.1 Å². The van der Waals surface area contributed by atoms with E-state index in [1.54, 1.807) is 6.20 Å². The summed E-state index contributed by atoms with van der Waals surface area (Å²) in [6.07, 6.45) is 5.72. The number of benzene rings is 1. The number of piperidine rings is 1. The molecule has 0 amide bonds. The monoisotopic (exact) mass is 440 g/mol. The first kappa shape index (κ1) is 21.8. The fourth-order valence-electron chi connectivity index (χ4n) is 4.86. The number of rotatable bonds is 5. The lowest BCUT2D eigenvalue weighted by Crippen LogP contribution is -2.62. The first-order chi connectivity index (χ1) is 14.7. The molecule has 1 aromatic carbocycles. The summed E-state index contributed by atoms with van der Waals surface area (Å²) in [7, 11) is 0. The van der Waals surface area contributed by atoms with Crippen molar-refractivity contribution in [1.82, 2.24) is 20.5 Å². The number of thiocarbonyl (C=S) groups is 1. The van der Waals surface area contributed by atoms with E-state index in [0.717, 1.165) is 40.6 Å². The van der Waals surface area contributed by atoms with Gasteiger partial charge < -0.3 is 25.0 Å². The van der Waals surface area contributed by atoms with E-state index in [1.165, 1.54) is 0 Å². The van der Waals surface area contributed by atoms with Crippen LogP contribution in [0.2, 0.25) is 0 Å². The van der Waals surface area contributed by atoms with Crippen molar-refractivity contribution in [2.75, 3.05) is 6.79 Å². The van der Waals surface area contributed by atoms with E-state index in [1.807, 2.05) is 24.4 Å². The molecule has 6 nitrogen and oxygen atoms in total. The normalized spacial score (nSPS) is 19.1. The third-order valence-electron chi connectivity index (χ3n) is 5.71. The van der Waals surface area contributed by atoms with Gasteiger partial charge in [0.2, 0.25) is 6.79 Å². The smallest absolute Gasteiger partial charge is 0.231 e. The number of aromatic nitrogens is 1. The molecular formula is C24H32N4O2S. The molecule has 0 unspecified atom stereocenters. The molecule has 1 fully saturated rings. The van der Waals surface area contributed by atoms with Gasteiger partial charge in [0.05, 0.1) is 0 Å². The Labute approximate surface area is 190 Å². The summed E-state index contributed by atoms with van der Waals surface area (Å²) >= 11 is 5.92. The first-order valence-corrected chi connectivity index (χ1v) is 11.2. The molecule has 0 bridgehead atoms. The Kier molecular flexibility index (Phi) is 6.08. The lowest BCUT2D eigenvalue weighted by molar-refractivity contribution is 0.153. The summed E-state index contributed by atoms with van der Waals surface area (Å²) in [5.74, 6) is 1.59. The Balaban J connectivity index is 1.51. The molecule has 1 aromatic heterocycles. The number of nitrogens with zero attached hydrogens (tertiary/aromatic N) is 2. The number of fused-ring (bicyclic) bond motifs is 1. The number of nitrogens with one attached hydrogen (secondary N) is 2. The van der Waals surface area contributed by atoms with E-state index in [2.05, 4.69) is 60.3 Å². The van der Waals surface area contributed by atoms with Crippen LogP contribution < -0.4 is 20.1 Å². The van der Waals surface area contributed by atoms with Gasteiger partial charge in [0.25, 0.3) is 0 Å². The van der Waals surface area contributed by atoms with Crippen LogP contribution in [0, 0.1) is 0 Å². The van der Waals surface area contributed by atoms with Gasteiger partial charge in [-0.3, -0.25) is 4.98 Å². The zero-order valence-corrected chi connectivity index (χ0v) is 19.6. The van der Waals surface area contributed by atoms with Crippen LogP contribution in [-0.2, 0) is 13.1 Å². The largest absolute Gasteiger partial charge is 0.454 e. The average Bonchev–Trinajstić information content (AvgIpc) is 3.13. The van der Waals surface area contributed by atoms with Crippen LogP contribution in [0.25, 0.3) is 0 Å². The highest BCUT2D eigenvalue weighted by atomic mass is 32.1. The molecule has 0 spiro atoms. The highest BCUT2D eigenvalue weighted by Gasteiger charge is 2.38.